The van der Waals surface area contributed by atoms with Crippen molar-refractivity contribution in [1.82, 2.24) is 15.1 Å². The van der Waals surface area contributed by atoms with Crippen molar-refractivity contribution in [2.75, 3.05) is 28.7 Å². The second-order valence-electron chi connectivity index (χ2n) is 13.9. The first-order chi connectivity index (χ1) is 25.0. The van der Waals surface area contributed by atoms with Crippen LogP contribution in [-0.2, 0) is 11.2 Å². The Hall–Kier alpha value is -3.18. The second kappa shape index (κ2) is 14.1. The van der Waals surface area contributed by atoms with Crippen molar-refractivity contribution in [3.05, 3.63) is 70.8 Å². The minimum Gasteiger partial charge on any atom is -0.395 e. The number of amides is 1. The lowest BCUT2D eigenvalue weighted by Gasteiger charge is -2.79. The van der Waals surface area contributed by atoms with Crippen LogP contribution in [0.2, 0.25) is 0 Å². The molecule has 2 saturated heterocycles. The lowest BCUT2D eigenvalue weighted by Crippen LogP contribution is -2.95. The molecule has 1 aromatic heterocycles. The molecule has 2 fully saturated rings. The highest BCUT2D eigenvalue weighted by Gasteiger charge is 2.62. The molecule has 23 heteroatoms. The molecule has 26 radical (unpaired) electrons. The number of ether oxygens (including phenoxy) is 1. The molecule has 0 saturated carbocycles. The van der Waals surface area contributed by atoms with E-state index < -0.39 is 44.1 Å². The van der Waals surface area contributed by atoms with Gasteiger partial charge >= 0.3 is 0 Å². The maximum atomic E-state index is 14.2. The number of nitrogens with one attached hydrogen (secondary N) is 3. The van der Waals surface area contributed by atoms with Crippen LogP contribution < -0.4 is 26.5 Å². The number of aromatic amines is 1. The number of rotatable bonds is 8. The van der Waals surface area contributed by atoms with Crippen molar-refractivity contribution in [2.45, 2.75) is 51.9 Å². The summed E-state index contributed by atoms with van der Waals surface area (Å²) in [5.41, 5.74) is 0.929. The minimum absolute atomic E-state index is 0.0517. The highest BCUT2D eigenvalue weighted by atomic mass is 19.1. The third-order valence-corrected chi connectivity index (χ3v) is 9.75. The lowest BCUT2D eigenvalue weighted by molar-refractivity contribution is 0.0904. The summed E-state index contributed by atoms with van der Waals surface area (Å²) in [5.74, 6) is -1.98. The molecule has 3 aromatic carbocycles. The topological polar surface area (TPSA) is 85.5 Å². The normalized spacial score (nSPS) is 19.7. The van der Waals surface area contributed by atoms with Crippen LogP contribution in [0.1, 0.15) is 34.3 Å². The Balaban J connectivity index is 1.44. The number of aromatic nitrogens is 2. The maximum Gasteiger partial charge on any atom is 0.258 e. The highest BCUT2D eigenvalue weighted by molar-refractivity contribution is 6.66. The van der Waals surface area contributed by atoms with Crippen molar-refractivity contribution in [3.63, 3.8) is 0 Å². The van der Waals surface area contributed by atoms with Gasteiger partial charge in [0.2, 0.25) is 0 Å². The number of carbonyl (C=O) groups excluding carboxylic acids is 1. The van der Waals surface area contributed by atoms with Gasteiger partial charge in [0, 0.05) is 42.1 Å². The Kier molecular flexibility index (Phi) is 10.6. The van der Waals surface area contributed by atoms with Gasteiger partial charge in [-0.2, -0.15) is 5.10 Å². The molecule has 0 spiro atoms. The van der Waals surface area contributed by atoms with E-state index in [0.717, 1.165) is 11.0 Å². The Morgan fingerprint density at radius 1 is 0.870 bits per heavy atom. The van der Waals surface area contributed by atoms with Crippen LogP contribution in [-0.4, -0.2) is 169 Å². The number of anilines is 3. The van der Waals surface area contributed by atoms with Crippen molar-refractivity contribution in [1.29, 1.82) is 0 Å². The van der Waals surface area contributed by atoms with Gasteiger partial charge in [0.25, 0.3) is 5.91 Å². The first-order valence-corrected chi connectivity index (χ1v) is 16.6. The van der Waals surface area contributed by atoms with Crippen molar-refractivity contribution < 1.29 is 18.3 Å². The molecule has 3 N–H and O–H groups in total. The smallest absolute Gasteiger partial charge is 0.258 e. The predicted molar refractivity (Wildman–Crippen MR) is 219 cm³/mol. The average Bonchev–Trinajstić information content (AvgIpc) is 3.43. The molecule has 0 bridgehead atoms. The number of piperazine rings is 1. The number of hydrogen-bond donors (Lipinski definition) is 3. The molecule has 2 aliphatic heterocycles. The molecule has 54 heavy (non-hydrogen) atoms. The summed E-state index contributed by atoms with van der Waals surface area (Å²) in [6, 6.07) is 9.49. The molecule has 3 heterocycles. The van der Waals surface area contributed by atoms with Crippen molar-refractivity contribution in [2.24, 2.45) is 0 Å². The summed E-state index contributed by atoms with van der Waals surface area (Å²) in [7, 11) is 83.5. The molecule has 0 atom stereocenters. The summed E-state index contributed by atoms with van der Waals surface area (Å²) >= 11 is 0. The van der Waals surface area contributed by atoms with Crippen LogP contribution in [0.15, 0.2) is 42.5 Å². The Labute approximate surface area is 330 Å². The summed E-state index contributed by atoms with van der Waals surface area (Å²) < 4.78 is 33.3. The van der Waals surface area contributed by atoms with Crippen LogP contribution >= 0.6 is 0 Å². The summed E-state index contributed by atoms with van der Waals surface area (Å²) in [6.07, 6.45) is 1.26. The van der Waals surface area contributed by atoms with Crippen LogP contribution in [0.5, 0.6) is 0 Å². The van der Waals surface area contributed by atoms with E-state index in [1.54, 1.807) is 18.2 Å². The summed E-state index contributed by atoms with van der Waals surface area (Å²) in [6.45, 7) is 0.835. The van der Waals surface area contributed by atoms with Gasteiger partial charge in [0.05, 0.1) is 97.4 Å². The standard InChI is InChI=1S/C31H21B13F2N6O2/c32-20-12-19(26(53)48-25-18-10-13(1-2-21(18)49-50-25)7-14-8-15(45)11-16(46)9-14)23(47-17-3-5-54-6-4-17)22(33)24(20)51-27(34,35)29(38,39)52(31(42,43)44)30(40,41)28(51,36)37/h1-2,8-12,17,47H,3-7H2,(H2,48,49,50,53). The minimum atomic E-state index is -2.59. The molecule has 4 aromatic rings. The van der Waals surface area contributed by atoms with Gasteiger partial charge in [-0.3, -0.25) is 9.89 Å². The lowest BCUT2D eigenvalue weighted by atomic mass is 9.24. The van der Waals surface area contributed by atoms with E-state index in [1.165, 1.54) is 18.2 Å². The number of nitrogens with zero attached hydrogens (tertiary/aromatic N) is 3. The molecular formula is C31H21B13F2N6O2. The largest absolute Gasteiger partial charge is 0.395 e. The number of fused-ring (bicyclic) bond motifs is 1. The molecule has 0 aliphatic carbocycles. The van der Waals surface area contributed by atoms with E-state index in [1.807, 2.05) is 0 Å². The zero-order valence-electron chi connectivity index (χ0n) is 29.1. The van der Waals surface area contributed by atoms with E-state index in [-0.39, 0.29) is 46.1 Å². The Morgan fingerprint density at radius 2 is 1.46 bits per heavy atom. The van der Waals surface area contributed by atoms with Gasteiger partial charge in [-0.15, -0.1) is 0 Å². The maximum absolute atomic E-state index is 14.2. The second-order valence-corrected chi connectivity index (χ2v) is 13.9. The van der Waals surface area contributed by atoms with Gasteiger partial charge in [-0.1, -0.05) is 28.3 Å². The number of halogens is 2. The predicted octanol–water partition coefficient (Wildman–Crippen LogP) is -2.94. The quantitative estimate of drug-likeness (QED) is 0.172. The van der Waals surface area contributed by atoms with Crippen LogP contribution in [0.25, 0.3) is 10.9 Å². The SMILES string of the molecule is [B]c1cc(C(=O)Nc2n[nH]c3ccc(Cc4cc(F)cc(F)c4)cc23)c(NC2CCOCC2)c([B])c1N1C([B])([B])C([B])([B])N(C([B])([B])[B])C([B])([B])C1([B])[B]. The third kappa shape index (κ3) is 6.94. The fourth-order valence-electron chi connectivity index (χ4n) is 7.07. The fourth-order valence-corrected chi connectivity index (χ4v) is 7.07. The van der Waals surface area contributed by atoms with Crippen LogP contribution in [0.3, 0.4) is 0 Å². The monoisotopic (exact) mass is 690 g/mol. The molecule has 1 amide bonds. The third-order valence-electron chi connectivity index (χ3n) is 9.75. The zero-order chi connectivity index (χ0) is 39.8. The van der Waals surface area contributed by atoms with E-state index in [9.17, 15) is 13.6 Å². The van der Waals surface area contributed by atoms with Gasteiger partial charge in [-0.25, -0.2) is 8.78 Å². The Morgan fingerprint density at radius 3 is 2.04 bits per heavy atom. The summed E-state index contributed by atoms with van der Waals surface area (Å²) in [5, 5.41) is 0.867. The highest BCUT2D eigenvalue weighted by Crippen LogP contribution is 2.46. The number of H-pyrrole nitrogens is 1. The van der Waals surface area contributed by atoms with E-state index in [4.69, 9.17) is 107 Å². The molecule has 2 aliphatic rings. The number of benzene rings is 3. The fraction of sp³-hybridized carbons (Fsp3) is 0.355. The van der Waals surface area contributed by atoms with Gasteiger partial charge < -0.3 is 25.2 Å². The zero-order valence-corrected chi connectivity index (χ0v) is 29.1. The van der Waals surface area contributed by atoms with Crippen molar-refractivity contribution in [3.8, 4) is 0 Å². The van der Waals surface area contributed by atoms with Gasteiger partial charge in [-0.05, 0) is 76.0 Å². The van der Waals surface area contributed by atoms with E-state index in [0.29, 0.717) is 53.0 Å². The number of hydrogen-bond acceptors (Lipinski definition) is 6. The average molecular weight is 688 g/mol. The van der Waals surface area contributed by atoms with Crippen LogP contribution in [0.4, 0.5) is 26.0 Å². The molecule has 0 unspecified atom stereocenters. The number of carbonyl (C=O) groups is 1. The van der Waals surface area contributed by atoms with E-state index >= 15 is 0 Å². The van der Waals surface area contributed by atoms with Gasteiger partial charge in [0.1, 0.15) is 27.3 Å². The molecule has 6 rings (SSSR count). The van der Waals surface area contributed by atoms with Crippen molar-refractivity contribution >= 4 is 147 Å². The van der Waals surface area contributed by atoms with Gasteiger partial charge in [0.15, 0.2) is 5.82 Å². The molecule has 240 valence electrons. The van der Waals surface area contributed by atoms with Crippen LogP contribution in [0, 0.1) is 11.6 Å². The first kappa shape index (κ1) is 40.5. The Bertz CT molecular complexity index is 2060. The molecular weight excluding hydrogens is 667 g/mol. The summed E-state index contributed by atoms with van der Waals surface area (Å²) in [4.78, 5) is 15.6. The molecule has 8 nitrogen and oxygen atoms in total. The van der Waals surface area contributed by atoms with E-state index in [2.05, 4.69) is 20.8 Å². The first-order valence-electron chi connectivity index (χ1n) is 16.6.